The van der Waals surface area contributed by atoms with Crippen LogP contribution >= 0.6 is 0 Å². The molecule has 0 unspecified atom stereocenters. The maximum atomic E-state index is 12.6. The fourth-order valence-electron chi connectivity index (χ4n) is 3.06. The normalized spacial score (nSPS) is 23.7. The molecule has 1 aromatic carbocycles. The highest BCUT2D eigenvalue weighted by Crippen LogP contribution is 2.21. The first-order chi connectivity index (χ1) is 10.2. The van der Waals surface area contributed by atoms with Crippen molar-refractivity contribution in [3.8, 4) is 0 Å². The van der Waals surface area contributed by atoms with Crippen LogP contribution in [0.1, 0.15) is 6.42 Å². The quantitative estimate of drug-likeness (QED) is 0.554. The lowest BCUT2D eigenvalue weighted by atomic mass is 10.2. The molecule has 0 aromatic heterocycles. The Kier molecular flexibility index (Phi) is 3.70. The number of benzene rings is 1. The minimum absolute atomic E-state index is 0.124. The van der Waals surface area contributed by atoms with Gasteiger partial charge in [-0.2, -0.15) is 0 Å². The molecule has 0 aliphatic carbocycles. The van der Waals surface area contributed by atoms with E-state index in [1.54, 1.807) is 17.0 Å². The van der Waals surface area contributed by atoms with Crippen molar-refractivity contribution in [3.63, 3.8) is 0 Å². The van der Waals surface area contributed by atoms with Crippen LogP contribution in [0.25, 0.3) is 0 Å². The van der Waals surface area contributed by atoms with Crippen molar-refractivity contribution in [2.24, 2.45) is 0 Å². The van der Waals surface area contributed by atoms with Crippen molar-refractivity contribution in [1.82, 2.24) is 4.90 Å². The van der Waals surface area contributed by atoms with E-state index < -0.39 is 0 Å². The average Bonchev–Trinajstić information content (AvgIpc) is 2.83. The average molecular weight is 288 g/mol. The molecule has 1 N–H and O–H groups in total. The molecule has 1 atom stereocenters. The summed E-state index contributed by atoms with van der Waals surface area (Å²) >= 11 is 0. The second kappa shape index (κ2) is 5.65. The lowest BCUT2D eigenvalue weighted by Gasteiger charge is -2.32. The standard InChI is InChI=1S/C15H17N3O3/c19-11-16-6-8-17(9-7-16)13-10-14(20)18(15(13)21)12-4-2-1-3-5-12/h1-5,11,13H,6-10H2/p+1/t13-/m0/s1. The van der Waals surface area contributed by atoms with E-state index in [1.165, 1.54) is 4.90 Å². The third-order valence-corrected chi connectivity index (χ3v) is 4.24. The van der Waals surface area contributed by atoms with Crippen molar-refractivity contribution in [2.75, 3.05) is 31.1 Å². The number of piperazine rings is 1. The largest absolute Gasteiger partial charge is 0.334 e. The first-order valence-electron chi connectivity index (χ1n) is 7.16. The van der Waals surface area contributed by atoms with Crippen LogP contribution in [0, 0.1) is 0 Å². The van der Waals surface area contributed by atoms with E-state index in [9.17, 15) is 14.4 Å². The SMILES string of the molecule is O=CN1CC[NH+]([C@H]2CC(=O)N(c3ccccc3)C2=O)CC1. The molecule has 0 spiro atoms. The molecule has 21 heavy (non-hydrogen) atoms. The fraction of sp³-hybridized carbons (Fsp3) is 0.400. The molecule has 0 saturated carbocycles. The zero-order valence-electron chi connectivity index (χ0n) is 11.7. The Morgan fingerprint density at radius 3 is 2.38 bits per heavy atom. The number of amides is 3. The van der Waals surface area contributed by atoms with Crippen LogP contribution in [0.5, 0.6) is 0 Å². The summed E-state index contributed by atoms with van der Waals surface area (Å²) in [5.41, 5.74) is 0.640. The van der Waals surface area contributed by atoms with E-state index in [1.807, 2.05) is 18.2 Å². The lowest BCUT2D eigenvalue weighted by molar-refractivity contribution is -0.918. The molecule has 2 saturated heterocycles. The van der Waals surface area contributed by atoms with Crippen molar-refractivity contribution >= 4 is 23.9 Å². The van der Waals surface area contributed by atoms with Gasteiger partial charge in [0.2, 0.25) is 12.3 Å². The van der Waals surface area contributed by atoms with Gasteiger partial charge in [0.25, 0.3) is 5.91 Å². The number of para-hydroxylation sites is 1. The Morgan fingerprint density at radius 2 is 1.76 bits per heavy atom. The summed E-state index contributed by atoms with van der Waals surface area (Å²) in [5, 5.41) is 0. The number of quaternary nitrogens is 1. The molecule has 2 aliphatic heterocycles. The third-order valence-electron chi connectivity index (χ3n) is 4.24. The number of rotatable bonds is 3. The molecule has 3 rings (SSSR count). The fourth-order valence-corrected chi connectivity index (χ4v) is 3.06. The maximum absolute atomic E-state index is 12.6. The minimum atomic E-state index is -0.313. The number of carbonyl (C=O) groups is 3. The zero-order chi connectivity index (χ0) is 14.8. The van der Waals surface area contributed by atoms with Gasteiger partial charge in [-0.15, -0.1) is 0 Å². The van der Waals surface area contributed by atoms with Gasteiger partial charge in [0.05, 0.1) is 38.3 Å². The number of carbonyl (C=O) groups excluding carboxylic acids is 3. The Bertz CT molecular complexity index is 553. The first kappa shape index (κ1) is 13.8. The van der Waals surface area contributed by atoms with Crippen LogP contribution in [0.3, 0.4) is 0 Å². The molecule has 6 heteroatoms. The Labute approximate surface area is 122 Å². The molecular formula is C15H18N3O3+. The molecular weight excluding hydrogens is 270 g/mol. The van der Waals surface area contributed by atoms with E-state index in [0.717, 1.165) is 11.3 Å². The summed E-state index contributed by atoms with van der Waals surface area (Å²) in [6, 6.07) is 8.73. The summed E-state index contributed by atoms with van der Waals surface area (Å²) in [6.07, 6.45) is 1.10. The smallest absolute Gasteiger partial charge is 0.292 e. The highest BCUT2D eigenvalue weighted by atomic mass is 16.2. The van der Waals surface area contributed by atoms with Gasteiger partial charge in [0, 0.05) is 0 Å². The molecule has 2 heterocycles. The third kappa shape index (κ3) is 2.54. The van der Waals surface area contributed by atoms with Crippen molar-refractivity contribution < 1.29 is 19.3 Å². The second-order valence-corrected chi connectivity index (χ2v) is 5.46. The van der Waals surface area contributed by atoms with E-state index in [2.05, 4.69) is 0 Å². The van der Waals surface area contributed by atoms with Crippen LogP contribution < -0.4 is 9.80 Å². The van der Waals surface area contributed by atoms with Crippen LogP contribution in [-0.2, 0) is 14.4 Å². The molecule has 2 fully saturated rings. The summed E-state index contributed by atoms with van der Waals surface area (Å²) in [4.78, 5) is 39.6. The molecule has 110 valence electrons. The van der Waals surface area contributed by atoms with Gasteiger partial charge in [-0.3, -0.25) is 14.4 Å². The first-order valence-corrected chi connectivity index (χ1v) is 7.16. The Morgan fingerprint density at radius 1 is 1.10 bits per heavy atom. The molecule has 2 aliphatic rings. The van der Waals surface area contributed by atoms with E-state index in [0.29, 0.717) is 31.9 Å². The lowest BCUT2D eigenvalue weighted by Crippen LogP contribution is -3.19. The molecule has 1 aromatic rings. The number of hydrogen-bond acceptors (Lipinski definition) is 3. The van der Waals surface area contributed by atoms with Crippen LogP contribution in [0.4, 0.5) is 5.69 Å². The van der Waals surface area contributed by atoms with Gasteiger partial charge < -0.3 is 9.80 Å². The number of nitrogens with one attached hydrogen (secondary N) is 1. The number of nitrogens with zero attached hydrogens (tertiary/aromatic N) is 2. The zero-order valence-corrected chi connectivity index (χ0v) is 11.7. The van der Waals surface area contributed by atoms with Gasteiger partial charge in [-0.25, -0.2) is 4.90 Å². The van der Waals surface area contributed by atoms with Crippen molar-refractivity contribution in [2.45, 2.75) is 12.5 Å². The van der Waals surface area contributed by atoms with Crippen molar-refractivity contribution in [1.29, 1.82) is 0 Å². The molecule has 3 amide bonds. The Hall–Kier alpha value is -2.21. The van der Waals surface area contributed by atoms with E-state index >= 15 is 0 Å². The minimum Gasteiger partial charge on any atom is -0.334 e. The maximum Gasteiger partial charge on any atom is 0.292 e. The van der Waals surface area contributed by atoms with Crippen LogP contribution in [0.15, 0.2) is 30.3 Å². The predicted molar refractivity (Wildman–Crippen MR) is 75.7 cm³/mol. The molecule has 6 nitrogen and oxygen atoms in total. The van der Waals surface area contributed by atoms with Gasteiger partial charge in [-0.05, 0) is 12.1 Å². The topological polar surface area (TPSA) is 62.1 Å². The van der Waals surface area contributed by atoms with Crippen molar-refractivity contribution in [3.05, 3.63) is 30.3 Å². The van der Waals surface area contributed by atoms with Gasteiger partial charge in [0.1, 0.15) is 0 Å². The second-order valence-electron chi connectivity index (χ2n) is 5.46. The highest BCUT2D eigenvalue weighted by Gasteiger charge is 2.46. The summed E-state index contributed by atoms with van der Waals surface area (Å²) in [5.74, 6) is -0.262. The van der Waals surface area contributed by atoms with Crippen LogP contribution in [0.2, 0.25) is 0 Å². The van der Waals surface area contributed by atoms with Gasteiger partial charge in [-0.1, -0.05) is 18.2 Å². The summed E-state index contributed by atoms with van der Waals surface area (Å²) in [7, 11) is 0. The van der Waals surface area contributed by atoms with E-state index in [-0.39, 0.29) is 24.3 Å². The summed E-state index contributed by atoms with van der Waals surface area (Å²) < 4.78 is 0. The van der Waals surface area contributed by atoms with Crippen LogP contribution in [-0.4, -0.2) is 55.3 Å². The Balaban J connectivity index is 1.74. The molecule has 0 radical (unpaired) electrons. The monoisotopic (exact) mass is 288 g/mol. The van der Waals surface area contributed by atoms with E-state index in [4.69, 9.17) is 0 Å². The predicted octanol–water partition coefficient (Wildman–Crippen LogP) is -1.32. The van der Waals surface area contributed by atoms with Gasteiger partial charge >= 0.3 is 0 Å². The number of hydrogen-bond donors (Lipinski definition) is 1. The molecule has 0 bridgehead atoms. The number of anilines is 1. The van der Waals surface area contributed by atoms with Gasteiger partial charge in [0.15, 0.2) is 6.04 Å². The number of imide groups is 1. The summed E-state index contributed by atoms with van der Waals surface area (Å²) in [6.45, 7) is 2.71. The highest BCUT2D eigenvalue weighted by molar-refractivity contribution is 6.21.